The Morgan fingerprint density at radius 2 is 1.83 bits per heavy atom. The number of aliphatic hydroxyl groups excluding tert-OH is 2. The first-order valence-electron chi connectivity index (χ1n) is 6.55. The van der Waals surface area contributed by atoms with Crippen LogP contribution in [0.25, 0.3) is 0 Å². The number of rotatable bonds is 9. The highest BCUT2D eigenvalue weighted by molar-refractivity contribution is 7.80. The second-order valence-corrected chi connectivity index (χ2v) is 5.22. The van der Waals surface area contributed by atoms with Gasteiger partial charge in [0.05, 0.1) is 0 Å². The third-order valence-corrected chi connectivity index (χ3v) is 3.16. The van der Waals surface area contributed by atoms with Gasteiger partial charge in [0.2, 0.25) is 0 Å². The van der Waals surface area contributed by atoms with Crippen molar-refractivity contribution >= 4 is 12.6 Å². The summed E-state index contributed by atoms with van der Waals surface area (Å²) in [5.74, 6) is 1.50. The third-order valence-electron chi connectivity index (χ3n) is 2.84. The Labute approximate surface area is 117 Å². The molecule has 0 heterocycles. The highest BCUT2D eigenvalue weighted by atomic mass is 32.1. The number of hydrogen-bond donors (Lipinski definition) is 3. The zero-order valence-electron chi connectivity index (χ0n) is 11.5. The molecule has 18 heavy (non-hydrogen) atoms. The highest BCUT2D eigenvalue weighted by Gasteiger charge is 2.01. The van der Waals surface area contributed by atoms with E-state index < -0.39 is 0 Å². The van der Waals surface area contributed by atoms with Crippen LogP contribution in [0.3, 0.4) is 0 Å². The van der Waals surface area contributed by atoms with Crippen LogP contribution in [0, 0.1) is 5.92 Å². The van der Waals surface area contributed by atoms with Crippen molar-refractivity contribution in [1.29, 1.82) is 0 Å². The van der Waals surface area contributed by atoms with Gasteiger partial charge in [0.15, 0.2) is 0 Å². The molecule has 0 saturated heterocycles. The van der Waals surface area contributed by atoms with Crippen molar-refractivity contribution in [3.8, 4) is 0 Å². The molecule has 0 aliphatic carbocycles. The summed E-state index contributed by atoms with van der Waals surface area (Å²) in [6.07, 6.45) is 9.25. The van der Waals surface area contributed by atoms with E-state index in [1.165, 1.54) is 25.7 Å². The van der Waals surface area contributed by atoms with Crippen molar-refractivity contribution in [3.63, 3.8) is 0 Å². The van der Waals surface area contributed by atoms with Gasteiger partial charge in [0.1, 0.15) is 11.5 Å². The first-order valence-corrected chi connectivity index (χ1v) is 7.18. The van der Waals surface area contributed by atoms with Gasteiger partial charge in [-0.3, -0.25) is 0 Å². The first kappa shape index (κ1) is 17.2. The zero-order valence-corrected chi connectivity index (χ0v) is 12.4. The first-order chi connectivity index (χ1) is 8.47. The van der Waals surface area contributed by atoms with Crippen LogP contribution in [0.5, 0.6) is 0 Å². The van der Waals surface area contributed by atoms with Crippen LogP contribution in [-0.4, -0.2) is 16.0 Å². The van der Waals surface area contributed by atoms with E-state index in [9.17, 15) is 5.11 Å². The minimum Gasteiger partial charge on any atom is -0.508 e. The molecule has 104 valence electrons. The van der Waals surface area contributed by atoms with Crippen LogP contribution in [-0.2, 0) is 0 Å². The van der Waals surface area contributed by atoms with Gasteiger partial charge in [0, 0.05) is 0 Å². The van der Waals surface area contributed by atoms with Crippen LogP contribution < -0.4 is 0 Å². The van der Waals surface area contributed by atoms with Gasteiger partial charge in [-0.1, -0.05) is 32.8 Å². The molecule has 1 atom stereocenters. The van der Waals surface area contributed by atoms with E-state index >= 15 is 0 Å². The summed E-state index contributed by atoms with van der Waals surface area (Å²) in [6, 6.07) is 0. The van der Waals surface area contributed by atoms with Gasteiger partial charge in [0.25, 0.3) is 0 Å². The molecule has 0 fully saturated rings. The quantitative estimate of drug-likeness (QED) is 0.240. The molecule has 1 unspecified atom stereocenters. The SMILES string of the molecule is C=C(O)/C(C)=C\C(O)=C/C(C)CCCCCCS. The van der Waals surface area contributed by atoms with Crippen LogP contribution in [0.1, 0.15) is 46.0 Å². The highest BCUT2D eigenvalue weighted by Crippen LogP contribution is 2.15. The molecule has 0 aliphatic heterocycles. The van der Waals surface area contributed by atoms with Crippen molar-refractivity contribution in [3.05, 3.63) is 35.8 Å². The normalized spacial score (nSPS) is 14.6. The van der Waals surface area contributed by atoms with Crippen molar-refractivity contribution in [1.82, 2.24) is 0 Å². The van der Waals surface area contributed by atoms with Gasteiger partial charge in [-0.05, 0) is 49.2 Å². The molecule has 3 heteroatoms. The maximum atomic E-state index is 9.70. The predicted octanol–water partition coefficient (Wildman–Crippen LogP) is 4.96. The van der Waals surface area contributed by atoms with Gasteiger partial charge < -0.3 is 10.2 Å². The Balaban J connectivity index is 4.01. The van der Waals surface area contributed by atoms with E-state index in [4.69, 9.17) is 5.11 Å². The van der Waals surface area contributed by atoms with Crippen LogP contribution in [0.4, 0.5) is 0 Å². The lowest BCUT2D eigenvalue weighted by molar-refractivity contribution is 0.410. The lowest BCUT2D eigenvalue weighted by Crippen LogP contribution is -1.93. The van der Waals surface area contributed by atoms with Crippen molar-refractivity contribution < 1.29 is 10.2 Å². The molecular weight excluding hydrogens is 244 g/mol. The lowest BCUT2D eigenvalue weighted by atomic mass is 10.0. The maximum absolute atomic E-state index is 9.70. The van der Waals surface area contributed by atoms with Crippen molar-refractivity contribution in [2.75, 3.05) is 5.75 Å². The van der Waals surface area contributed by atoms with Gasteiger partial charge >= 0.3 is 0 Å². The maximum Gasteiger partial charge on any atom is 0.112 e. The summed E-state index contributed by atoms with van der Waals surface area (Å²) in [5, 5.41) is 18.8. The summed E-state index contributed by atoms with van der Waals surface area (Å²) in [5.41, 5.74) is 0.588. The van der Waals surface area contributed by atoms with Crippen LogP contribution in [0.2, 0.25) is 0 Å². The summed E-state index contributed by atoms with van der Waals surface area (Å²) >= 11 is 4.18. The van der Waals surface area contributed by atoms with Crippen molar-refractivity contribution in [2.45, 2.75) is 46.0 Å². The smallest absolute Gasteiger partial charge is 0.112 e. The molecule has 2 nitrogen and oxygen atoms in total. The van der Waals surface area contributed by atoms with E-state index in [0.717, 1.165) is 12.2 Å². The Morgan fingerprint density at radius 3 is 2.39 bits per heavy atom. The van der Waals surface area contributed by atoms with Gasteiger partial charge in [-0.25, -0.2) is 0 Å². The van der Waals surface area contributed by atoms with E-state index in [2.05, 4.69) is 26.1 Å². The average Bonchev–Trinajstić information content (AvgIpc) is 2.28. The fourth-order valence-corrected chi connectivity index (χ4v) is 1.88. The number of unbranched alkanes of at least 4 members (excludes halogenated alkanes) is 3. The molecule has 0 rings (SSSR count). The Morgan fingerprint density at radius 1 is 1.22 bits per heavy atom. The molecule has 0 bridgehead atoms. The number of thiol groups is 1. The summed E-state index contributed by atoms with van der Waals surface area (Å²) in [6.45, 7) is 7.21. The minimum atomic E-state index is -0.00522. The van der Waals surface area contributed by atoms with Crippen LogP contribution in [0.15, 0.2) is 35.8 Å². The molecule has 2 N–H and O–H groups in total. The summed E-state index contributed by atoms with van der Waals surface area (Å²) < 4.78 is 0. The fraction of sp³-hybridized carbons (Fsp3) is 0.600. The number of hydrogen-bond acceptors (Lipinski definition) is 3. The van der Waals surface area contributed by atoms with E-state index in [1.54, 1.807) is 13.0 Å². The van der Waals surface area contributed by atoms with Crippen molar-refractivity contribution in [2.24, 2.45) is 5.92 Å². The minimum absolute atomic E-state index is 0.00522. The number of allylic oxidation sites excluding steroid dienone is 3. The van der Waals surface area contributed by atoms with Crippen LogP contribution >= 0.6 is 12.6 Å². The van der Waals surface area contributed by atoms with E-state index in [-0.39, 0.29) is 11.5 Å². The molecule has 0 radical (unpaired) electrons. The molecule has 0 saturated carbocycles. The monoisotopic (exact) mass is 270 g/mol. The number of aliphatic hydroxyl groups is 2. The molecule has 0 aromatic carbocycles. The largest absolute Gasteiger partial charge is 0.508 e. The second-order valence-electron chi connectivity index (χ2n) is 4.77. The Bertz CT molecular complexity index is 306. The molecule has 0 aromatic heterocycles. The van der Waals surface area contributed by atoms with E-state index in [0.29, 0.717) is 11.5 Å². The molecule has 0 amide bonds. The summed E-state index contributed by atoms with van der Waals surface area (Å²) in [4.78, 5) is 0. The zero-order chi connectivity index (χ0) is 14.0. The average molecular weight is 270 g/mol. The molecule has 0 aliphatic rings. The molecular formula is C15H26O2S. The third kappa shape index (κ3) is 9.23. The van der Waals surface area contributed by atoms with Gasteiger partial charge in [-0.15, -0.1) is 0 Å². The standard InChI is InChI=1S/C15H26O2S/c1-12(8-6-4-5-7-9-18)10-15(17)11-13(2)14(3)16/h10-12,16-18H,3-9H2,1-2H3/b13-11-,15-10+. The topological polar surface area (TPSA) is 40.5 Å². The molecule has 0 spiro atoms. The van der Waals surface area contributed by atoms with Gasteiger partial charge in [-0.2, -0.15) is 12.6 Å². The Hall–Kier alpha value is -0.830. The Kier molecular flexibility index (Phi) is 9.66. The van der Waals surface area contributed by atoms with E-state index in [1.807, 2.05) is 6.08 Å². The second kappa shape index (κ2) is 10.1. The molecule has 0 aromatic rings. The summed E-state index contributed by atoms with van der Waals surface area (Å²) in [7, 11) is 0. The predicted molar refractivity (Wildman–Crippen MR) is 82.3 cm³/mol. The lowest BCUT2D eigenvalue weighted by Gasteiger charge is -2.06. The fourth-order valence-electron chi connectivity index (χ4n) is 1.66.